The van der Waals surface area contributed by atoms with Gasteiger partial charge in [-0.1, -0.05) is 38.7 Å². The van der Waals surface area contributed by atoms with Gasteiger partial charge < -0.3 is 59.3 Å². The van der Waals surface area contributed by atoms with Crippen LogP contribution in [0.4, 0.5) is 0 Å². The molecule has 0 aromatic carbocycles. The fraction of sp³-hybridized carbons (Fsp3) is 0.738. The van der Waals surface area contributed by atoms with Crippen LogP contribution in [0.1, 0.15) is 80.1 Å². The van der Waals surface area contributed by atoms with Crippen LogP contribution < -0.4 is 0 Å². The van der Waals surface area contributed by atoms with Gasteiger partial charge in [0.15, 0.2) is 14.9 Å². The standard InChI is InChI=1S/C19H42O6Si4.C8H20O4Si.C6H10O3.C4H8O.C3H6.C2H5O/c1-10-16-26(4,5)23-29(9,18-14-13-15-22-19(20)12-3)25-28(8,17-11-2)24-27(6,7)21;1-5-9-13(10-6-2,11-7-3)12-8-4;1-2-6(8)9-5-3-4-7;1-2-4-5-3-1;1-3-2;1-2-3/h11-12,21H,2-3,10,13-18H2,1,4-9H3;5-8H2,1-4H3;2,7H,1,3-5H2;1-4H2;3H,1H2,2H3;3H,1-2H2/q;;;;;+1. The lowest BCUT2D eigenvalue weighted by Gasteiger charge is -2.42. The zero-order chi connectivity index (χ0) is 49.0. The summed E-state index contributed by atoms with van der Waals surface area (Å²) >= 11 is 0. The van der Waals surface area contributed by atoms with Gasteiger partial charge in [-0.3, -0.25) is 0 Å². The smallest absolute Gasteiger partial charge is 0.463 e. The molecule has 0 aliphatic carbocycles. The molecule has 1 heterocycles. The summed E-state index contributed by atoms with van der Waals surface area (Å²) in [5, 5.41) is 15.7. The highest BCUT2D eigenvalue weighted by atomic mass is 28.5. The fourth-order valence-corrected chi connectivity index (χ4v) is 25.3. The van der Waals surface area contributed by atoms with E-state index in [1.54, 1.807) is 19.2 Å². The molecule has 0 spiro atoms. The second-order valence-corrected chi connectivity index (χ2v) is 31.4. The minimum atomic E-state index is -2.80. The van der Waals surface area contributed by atoms with Crippen molar-refractivity contribution in [3.63, 3.8) is 0 Å². The molecule has 0 bridgehead atoms. The van der Waals surface area contributed by atoms with E-state index in [0.29, 0.717) is 45.5 Å². The maximum atomic E-state index is 11.2. The van der Waals surface area contributed by atoms with Crippen LogP contribution in [-0.2, 0) is 53.8 Å². The van der Waals surface area contributed by atoms with Crippen molar-refractivity contribution in [3.05, 3.63) is 57.5 Å². The van der Waals surface area contributed by atoms with Crippen LogP contribution in [0.25, 0.3) is 0 Å². The molecule has 62 heavy (non-hydrogen) atoms. The summed E-state index contributed by atoms with van der Waals surface area (Å²) in [6.07, 6.45) is 11.5. The molecule has 20 heteroatoms. The van der Waals surface area contributed by atoms with E-state index in [1.807, 2.05) is 47.2 Å². The van der Waals surface area contributed by atoms with E-state index in [1.165, 1.54) is 18.9 Å². The van der Waals surface area contributed by atoms with Crippen molar-refractivity contribution in [2.45, 2.75) is 137 Å². The third kappa shape index (κ3) is 47.9. The quantitative estimate of drug-likeness (QED) is 0.0169. The second kappa shape index (κ2) is 44.6. The minimum absolute atomic E-state index is 0. The van der Waals surface area contributed by atoms with Crippen LogP contribution in [0.15, 0.2) is 50.6 Å². The molecule has 0 aromatic rings. The molecular weight excluding hydrogens is 885 g/mol. The number of aliphatic hydroxyl groups is 2. The maximum absolute atomic E-state index is 11.2. The first kappa shape index (κ1) is 69.5. The Hall–Kier alpha value is -1.59. The molecule has 1 fully saturated rings. The highest BCUT2D eigenvalue weighted by Gasteiger charge is 2.47. The topological polar surface area (TPSA) is 187 Å². The minimum Gasteiger partial charge on any atom is -0.463 e. The number of carbonyl (C=O) groups is 2. The van der Waals surface area contributed by atoms with E-state index in [9.17, 15) is 14.4 Å². The van der Waals surface area contributed by atoms with Crippen molar-refractivity contribution in [2.24, 2.45) is 0 Å². The molecule has 1 aliphatic heterocycles. The Morgan fingerprint density at radius 3 is 1.40 bits per heavy atom. The van der Waals surface area contributed by atoms with Gasteiger partial charge in [0, 0.05) is 70.9 Å². The Kier molecular flexibility index (Phi) is 50.0. The van der Waals surface area contributed by atoms with Crippen molar-refractivity contribution >= 4 is 55.0 Å². The van der Waals surface area contributed by atoms with Gasteiger partial charge in [-0.2, -0.15) is 0 Å². The number of hydrogen-bond donors (Lipinski definition) is 3. The summed E-state index contributed by atoms with van der Waals surface area (Å²) in [5.74, 6) is -0.841. The largest absolute Gasteiger partial charge is 0.679 e. The summed E-state index contributed by atoms with van der Waals surface area (Å²) in [5.41, 5.74) is 0. The van der Waals surface area contributed by atoms with Gasteiger partial charge >= 0.3 is 46.7 Å². The predicted molar refractivity (Wildman–Crippen MR) is 262 cm³/mol. The number of aliphatic hydroxyl groups excluding tert-OH is 2. The average molecular weight is 977 g/mol. The van der Waals surface area contributed by atoms with Crippen molar-refractivity contribution in [2.75, 3.05) is 66.1 Å². The van der Waals surface area contributed by atoms with Gasteiger partial charge in [-0.05, 0) is 112 Å². The van der Waals surface area contributed by atoms with E-state index in [2.05, 4.69) is 64.5 Å². The van der Waals surface area contributed by atoms with Crippen molar-refractivity contribution in [1.29, 1.82) is 0 Å². The van der Waals surface area contributed by atoms with Gasteiger partial charge in [0.2, 0.25) is 0 Å². The first-order valence-corrected chi connectivity index (χ1v) is 34.5. The summed E-state index contributed by atoms with van der Waals surface area (Å²) < 4.78 is 55.8. The van der Waals surface area contributed by atoms with Crippen LogP contribution >= 0.6 is 0 Å². The third-order valence-corrected chi connectivity index (χ3v) is 24.7. The number of ether oxygens (including phenoxy) is 3. The molecule has 3 N–H and O–H groups in total. The normalized spacial score (nSPS) is 13.9. The molecule has 2 atom stereocenters. The monoisotopic (exact) mass is 976 g/mol. The Labute approximate surface area is 383 Å². The lowest BCUT2D eigenvalue weighted by molar-refractivity contribution is -0.138. The summed E-state index contributed by atoms with van der Waals surface area (Å²) in [6, 6.07) is 2.45. The Balaban J connectivity index is -0.000000266. The maximum Gasteiger partial charge on any atom is 0.679 e. The van der Waals surface area contributed by atoms with E-state index in [4.69, 9.17) is 49.7 Å². The molecule has 2 unspecified atom stereocenters. The molecule has 368 valence electrons. The number of allylic oxidation sites excluding steroid dienone is 2. The highest BCUT2D eigenvalue weighted by molar-refractivity contribution is 6.89. The molecule has 0 aromatic heterocycles. The van der Waals surface area contributed by atoms with Gasteiger partial charge in [-0.15, -0.1) is 13.2 Å². The van der Waals surface area contributed by atoms with Crippen molar-refractivity contribution < 1.29 is 68.9 Å². The Morgan fingerprint density at radius 2 is 1.10 bits per heavy atom. The second-order valence-electron chi connectivity index (χ2n) is 14.5. The number of carbonyl (C=O) groups excluding carboxylic acids is 2. The fourth-order valence-electron chi connectivity index (χ4n) is 5.26. The number of hydrogen-bond acceptors (Lipinski definition) is 15. The summed E-state index contributed by atoms with van der Waals surface area (Å²) in [7, 11) is -12.7. The average Bonchev–Trinajstić information content (AvgIpc) is 3.76. The lowest BCUT2D eigenvalue weighted by atomic mass is 10.4. The van der Waals surface area contributed by atoms with Gasteiger partial charge in [-0.25, -0.2) is 9.59 Å². The number of esters is 2. The Bertz CT molecular complexity index is 1060. The molecular formula is C42H91O15Si5+. The molecule has 0 amide bonds. The first-order chi connectivity index (χ1) is 29.1. The molecule has 15 nitrogen and oxygen atoms in total. The predicted octanol–water partition coefficient (Wildman–Crippen LogP) is 8.65. The van der Waals surface area contributed by atoms with Crippen LogP contribution in [0.3, 0.4) is 0 Å². The van der Waals surface area contributed by atoms with Crippen LogP contribution in [0, 0.1) is 6.92 Å². The van der Waals surface area contributed by atoms with E-state index >= 15 is 0 Å². The highest BCUT2D eigenvalue weighted by Crippen LogP contribution is 2.31. The van der Waals surface area contributed by atoms with Crippen LogP contribution in [0.2, 0.25) is 57.4 Å². The van der Waals surface area contributed by atoms with Gasteiger partial charge in [0.25, 0.3) is 0 Å². The zero-order valence-electron chi connectivity index (χ0n) is 41.0. The van der Waals surface area contributed by atoms with Crippen LogP contribution in [0.5, 0.6) is 0 Å². The van der Waals surface area contributed by atoms with Crippen molar-refractivity contribution in [1.82, 2.24) is 0 Å². The number of rotatable bonds is 28. The number of unbranched alkanes of at least 4 members (excludes halogenated alkanes) is 1. The van der Waals surface area contributed by atoms with E-state index < -0.39 is 55.0 Å². The molecule has 0 saturated carbocycles. The molecule has 1 aliphatic rings. The zero-order valence-corrected chi connectivity index (χ0v) is 46.0. The first-order valence-electron chi connectivity index (χ1n) is 21.8. The third-order valence-electron chi connectivity index (χ3n) is 7.02. The van der Waals surface area contributed by atoms with Gasteiger partial charge in [0.1, 0.15) is 0 Å². The van der Waals surface area contributed by atoms with E-state index in [-0.39, 0.29) is 19.8 Å². The van der Waals surface area contributed by atoms with E-state index in [0.717, 1.165) is 50.6 Å². The molecule has 1 rings (SSSR count). The summed E-state index contributed by atoms with van der Waals surface area (Å²) in [6.45, 7) is 45.5. The van der Waals surface area contributed by atoms with Crippen LogP contribution in [-0.4, -0.2) is 136 Å². The molecule has 0 radical (unpaired) electrons. The Morgan fingerprint density at radius 1 is 0.677 bits per heavy atom. The molecule has 1 saturated heterocycles. The lowest BCUT2D eigenvalue weighted by Crippen LogP contribution is -2.58. The summed E-state index contributed by atoms with van der Waals surface area (Å²) in [4.78, 5) is 31.9. The van der Waals surface area contributed by atoms with Gasteiger partial charge in [0.05, 0.1) is 20.1 Å². The van der Waals surface area contributed by atoms with Crippen molar-refractivity contribution in [3.8, 4) is 0 Å². The SMILES string of the molecule is C1CCOC1.C=CC.C=CC(=O)OCCCO.C=CC[Si](C)(O[Si](C)(C)O)O[Si](C)(CCCCOC(=O)C=C)O[Si](C)(C)CCC.CCO[Si](OCC)(OCC)OCC.[CH2+]CO.